The summed E-state index contributed by atoms with van der Waals surface area (Å²) < 4.78 is 5.80. The smallest absolute Gasteiger partial charge is 0.295 e. The molecule has 0 bridgehead atoms. The van der Waals surface area contributed by atoms with E-state index >= 15 is 0 Å². The number of carbonyl (C=O) groups is 2. The number of likely N-dealkylation sites (tertiary alicyclic amines) is 1. The Morgan fingerprint density at radius 2 is 1.76 bits per heavy atom. The quantitative estimate of drug-likeness (QED) is 0.294. The first-order valence-corrected chi connectivity index (χ1v) is 13.5. The van der Waals surface area contributed by atoms with Gasteiger partial charge in [0.2, 0.25) is 0 Å². The maximum absolute atomic E-state index is 13.4. The van der Waals surface area contributed by atoms with E-state index in [0.29, 0.717) is 12.1 Å². The average Bonchev–Trinajstić information content (AvgIpc) is 3.36. The minimum atomic E-state index is -0.630. The van der Waals surface area contributed by atoms with E-state index in [9.17, 15) is 14.7 Å². The van der Waals surface area contributed by atoms with Gasteiger partial charge in [0.25, 0.3) is 11.7 Å². The van der Waals surface area contributed by atoms with Gasteiger partial charge < -0.3 is 19.6 Å². The molecule has 198 valence electrons. The second kappa shape index (κ2) is 10.7. The third-order valence-corrected chi connectivity index (χ3v) is 7.57. The highest BCUT2D eigenvalue weighted by Crippen LogP contribution is 2.41. The Balaban J connectivity index is 1.75. The van der Waals surface area contributed by atoms with Crippen molar-refractivity contribution in [3.8, 4) is 5.75 Å². The van der Waals surface area contributed by atoms with Gasteiger partial charge in [-0.1, -0.05) is 58.9 Å². The van der Waals surface area contributed by atoms with Gasteiger partial charge in [-0.15, -0.1) is 0 Å². The van der Waals surface area contributed by atoms with E-state index in [1.54, 1.807) is 11.0 Å². The number of ether oxygens (including phenoxy) is 1. The Morgan fingerprint density at radius 1 is 1.08 bits per heavy atom. The summed E-state index contributed by atoms with van der Waals surface area (Å²) in [7, 11) is 0. The van der Waals surface area contributed by atoms with Crippen LogP contribution in [0.2, 0.25) is 0 Å². The van der Waals surface area contributed by atoms with Crippen LogP contribution in [0.25, 0.3) is 5.76 Å². The molecule has 0 saturated carbocycles. The molecule has 0 spiro atoms. The minimum Gasteiger partial charge on any atom is -0.507 e. The van der Waals surface area contributed by atoms with Gasteiger partial charge in [-0.2, -0.15) is 0 Å². The van der Waals surface area contributed by atoms with Crippen molar-refractivity contribution in [1.82, 2.24) is 9.80 Å². The average molecular weight is 505 g/mol. The lowest BCUT2D eigenvalue weighted by atomic mass is 9.85. The lowest BCUT2D eigenvalue weighted by Crippen LogP contribution is -2.33. The van der Waals surface area contributed by atoms with Crippen molar-refractivity contribution in [1.29, 1.82) is 0 Å². The van der Waals surface area contributed by atoms with Gasteiger partial charge >= 0.3 is 0 Å². The molecule has 1 N–H and O–H groups in total. The van der Waals surface area contributed by atoms with Crippen LogP contribution < -0.4 is 4.74 Å². The molecule has 2 unspecified atom stereocenters. The Kier molecular flexibility index (Phi) is 7.79. The van der Waals surface area contributed by atoms with E-state index in [1.807, 2.05) is 31.2 Å². The molecule has 0 radical (unpaired) electrons. The molecule has 6 heteroatoms. The van der Waals surface area contributed by atoms with E-state index in [0.717, 1.165) is 49.4 Å². The molecule has 37 heavy (non-hydrogen) atoms. The highest BCUT2D eigenvalue weighted by Gasteiger charge is 2.46. The number of hydrogen-bond donors (Lipinski definition) is 1. The third-order valence-electron chi connectivity index (χ3n) is 7.57. The second-order valence-electron chi connectivity index (χ2n) is 11.2. The number of aliphatic hydroxyl groups is 1. The lowest BCUT2D eigenvalue weighted by Gasteiger charge is -2.27. The fourth-order valence-electron chi connectivity index (χ4n) is 5.35. The molecular formula is C31H40N2O4. The molecule has 2 aliphatic heterocycles. The van der Waals surface area contributed by atoms with Crippen LogP contribution in [0.5, 0.6) is 5.75 Å². The van der Waals surface area contributed by atoms with Crippen LogP contribution in [0.15, 0.2) is 48.0 Å². The number of fused-ring (bicyclic) bond motifs is 1. The number of Topliss-reactive ketones (excluding diaryl/α,β-unsaturated/α-hetero) is 1. The largest absolute Gasteiger partial charge is 0.507 e. The predicted molar refractivity (Wildman–Crippen MR) is 147 cm³/mol. The monoisotopic (exact) mass is 504 g/mol. The molecular weight excluding hydrogens is 464 g/mol. The Bertz CT molecular complexity index is 1190. The molecule has 1 fully saturated rings. The number of rotatable bonds is 8. The van der Waals surface area contributed by atoms with Crippen LogP contribution in [0, 0.1) is 0 Å². The Hall–Kier alpha value is -3.12. The van der Waals surface area contributed by atoms with Gasteiger partial charge in [0.15, 0.2) is 0 Å². The number of benzene rings is 2. The van der Waals surface area contributed by atoms with Crippen LogP contribution in [-0.4, -0.2) is 58.9 Å². The Labute approximate surface area is 220 Å². The fourth-order valence-corrected chi connectivity index (χ4v) is 5.35. The second-order valence-corrected chi connectivity index (χ2v) is 11.2. The molecule has 4 rings (SSSR count). The maximum Gasteiger partial charge on any atom is 0.295 e. The van der Waals surface area contributed by atoms with Crippen LogP contribution in [0.3, 0.4) is 0 Å². The number of nitrogens with zero attached hydrogens (tertiary/aromatic N) is 2. The summed E-state index contributed by atoms with van der Waals surface area (Å²) in [6.07, 6.45) is 1.57. The van der Waals surface area contributed by atoms with E-state index in [-0.39, 0.29) is 22.9 Å². The number of hydrogen-bond acceptors (Lipinski definition) is 5. The molecule has 2 aromatic carbocycles. The molecule has 0 aromatic heterocycles. The number of ketones is 1. The highest BCUT2D eigenvalue weighted by molar-refractivity contribution is 6.46. The van der Waals surface area contributed by atoms with Crippen molar-refractivity contribution in [2.24, 2.45) is 0 Å². The molecule has 2 heterocycles. The SMILES string of the molecule is CCN(CC)CCCN1C(=O)C(=O)/C(=C(\O)c2ccc3c(c2)CC(C)O3)C1c1ccc(C(C)(C)C)cc1. The van der Waals surface area contributed by atoms with Crippen molar-refractivity contribution >= 4 is 17.4 Å². The van der Waals surface area contributed by atoms with Crippen molar-refractivity contribution in [3.63, 3.8) is 0 Å². The summed E-state index contributed by atoms with van der Waals surface area (Å²) in [5.74, 6) is -0.508. The summed E-state index contributed by atoms with van der Waals surface area (Å²) in [5, 5.41) is 11.5. The van der Waals surface area contributed by atoms with Crippen LogP contribution in [-0.2, 0) is 21.4 Å². The van der Waals surface area contributed by atoms with Crippen LogP contribution in [0.1, 0.15) is 76.3 Å². The van der Waals surface area contributed by atoms with Gasteiger partial charge in [-0.05, 0) is 73.3 Å². The summed E-state index contributed by atoms with van der Waals surface area (Å²) in [5.41, 5.74) is 3.67. The number of amides is 1. The van der Waals surface area contributed by atoms with Gasteiger partial charge in [0.05, 0.1) is 11.6 Å². The van der Waals surface area contributed by atoms with Crippen molar-refractivity contribution < 1.29 is 19.4 Å². The van der Waals surface area contributed by atoms with E-state index in [4.69, 9.17) is 4.74 Å². The first-order valence-electron chi connectivity index (χ1n) is 13.5. The lowest BCUT2D eigenvalue weighted by molar-refractivity contribution is -0.140. The first kappa shape index (κ1) is 26.9. The molecule has 6 nitrogen and oxygen atoms in total. The maximum atomic E-state index is 13.4. The van der Waals surface area contributed by atoms with Gasteiger partial charge in [-0.25, -0.2) is 0 Å². The topological polar surface area (TPSA) is 70.1 Å². The third kappa shape index (κ3) is 5.45. The van der Waals surface area contributed by atoms with E-state index in [2.05, 4.69) is 51.7 Å². The Morgan fingerprint density at radius 3 is 2.38 bits per heavy atom. The zero-order chi connectivity index (χ0) is 26.9. The zero-order valence-corrected chi connectivity index (χ0v) is 23.0. The van der Waals surface area contributed by atoms with E-state index in [1.165, 1.54) is 5.56 Å². The van der Waals surface area contributed by atoms with Gasteiger partial charge in [0, 0.05) is 18.5 Å². The summed E-state index contributed by atoms with van der Waals surface area (Å²) >= 11 is 0. The molecule has 0 aliphatic carbocycles. The van der Waals surface area contributed by atoms with Crippen molar-refractivity contribution in [2.45, 2.75) is 71.9 Å². The van der Waals surface area contributed by atoms with Crippen molar-refractivity contribution in [2.75, 3.05) is 26.2 Å². The van der Waals surface area contributed by atoms with E-state index < -0.39 is 17.7 Å². The molecule has 2 atom stereocenters. The first-order chi connectivity index (χ1) is 17.5. The minimum absolute atomic E-state index is 0.0201. The zero-order valence-electron chi connectivity index (χ0n) is 23.0. The van der Waals surface area contributed by atoms with Crippen LogP contribution >= 0.6 is 0 Å². The number of aliphatic hydroxyl groups excluding tert-OH is 1. The normalized spacial score (nSPS) is 21.0. The molecule has 1 saturated heterocycles. The van der Waals surface area contributed by atoms with Crippen molar-refractivity contribution in [3.05, 3.63) is 70.3 Å². The highest BCUT2D eigenvalue weighted by atomic mass is 16.5. The summed E-state index contributed by atoms with van der Waals surface area (Å²) in [4.78, 5) is 30.6. The van der Waals surface area contributed by atoms with Gasteiger partial charge in [-0.3, -0.25) is 9.59 Å². The standard InChI is InChI=1S/C31H40N2O4/c1-7-32(8-2)16-9-17-33-27(21-10-13-24(14-11-21)31(4,5)6)26(29(35)30(33)36)28(34)22-12-15-25-23(19-22)18-20(3)37-25/h10-15,19-20,27,34H,7-9,16-18H2,1-6H3/b28-26-. The molecule has 2 aromatic rings. The fraction of sp³-hybridized carbons (Fsp3) is 0.484. The summed E-state index contributed by atoms with van der Waals surface area (Å²) in [6, 6.07) is 12.9. The molecule has 1 amide bonds. The van der Waals surface area contributed by atoms with Crippen LogP contribution in [0.4, 0.5) is 0 Å². The predicted octanol–water partition coefficient (Wildman–Crippen LogP) is 5.46. The summed E-state index contributed by atoms with van der Waals surface area (Å²) in [6.45, 7) is 15.9. The molecule has 2 aliphatic rings. The van der Waals surface area contributed by atoms with Gasteiger partial charge in [0.1, 0.15) is 17.6 Å². The number of carbonyl (C=O) groups excluding carboxylic acids is 2.